The molecule has 0 aliphatic heterocycles. The summed E-state index contributed by atoms with van der Waals surface area (Å²) in [4.78, 5) is 12.5. The van der Waals surface area contributed by atoms with Gasteiger partial charge in [-0.25, -0.2) is 0 Å². The molecule has 1 aliphatic carbocycles. The largest absolute Gasteiger partial charge is 0.494 e. The molecule has 2 atom stereocenters. The fourth-order valence-corrected chi connectivity index (χ4v) is 3.78. The predicted molar refractivity (Wildman–Crippen MR) is 108 cm³/mol. The number of carbonyl (C=O) groups excluding carboxylic acids is 1. The Balaban J connectivity index is 1.65. The van der Waals surface area contributed by atoms with E-state index >= 15 is 0 Å². The zero-order valence-corrected chi connectivity index (χ0v) is 16.0. The average molecular weight is 351 g/mol. The molecule has 2 aromatic carbocycles. The average Bonchev–Trinajstić information content (AvgIpc) is 2.69. The molecule has 1 saturated carbocycles. The maximum atomic E-state index is 12.5. The van der Waals surface area contributed by atoms with Crippen LogP contribution >= 0.6 is 0 Å². The fraction of sp³-hybridized carbons (Fsp3) is 0.458. The highest BCUT2D eigenvalue weighted by Crippen LogP contribution is 2.35. The summed E-state index contributed by atoms with van der Waals surface area (Å²) in [6.07, 6.45) is 6.28. The number of Topliss-reactive ketones (excluding diaryl/α,β-unsaturated/α-hetero) is 1. The van der Waals surface area contributed by atoms with Gasteiger partial charge in [-0.15, -0.1) is 0 Å². The first-order valence-electron chi connectivity index (χ1n) is 10.1. The minimum atomic E-state index is 0.0983. The molecule has 0 N–H and O–H groups in total. The van der Waals surface area contributed by atoms with Gasteiger partial charge in [0.05, 0.1) is 6.61 Å². The molecular weight excluding hydrogens is 320 g/mol. The van der Waals surface area contributed by atoms with E-state index in [9.17, 15) is 4.79 Å². The molecule has 26 heavy (non-hydrogen) atoms. The summed E-state index contributed by atoms with van der Waals surface area (Å²) < 4.78 is 5.73. The molecule has 3 rings (SSSR count). The van der Waals surface area contributed by atoms with Crippen LogP contribution in [0.5, 0.6) is 5.75 Å². The highest BCUT2D eigenvalue weighted by Gasteiger charge is 2.28. The Kier molecular flexibility index (Phi) is 6.49. The van der Waals surface area contributed by atoms with Crippen LogP contribution in [0.4, 0.5) is 0 Å². The summed E-state index contributed by atoms with van der Waals surface area (Å²) in [5, 5.41) is 0. The first-order valence-corrected chi connectivity index (χ1v) is 10.1. The minimum absolute atomic E-state index is 0.0983. The Labute approximate surface area is 157 Å². The van der Waals surface area contributed by atoms with Crippen LogP contribution in [0.3, 0.4) is 0 Å². The van der Waals surface area contributed by atoms with E-state index in [2.05, 4.69) is 50.2 Å². The van der Waals surface area contributed by atoms with Gasteiger partial charge in [0.15, 0.2) is 0 Å². The van der Waals surface area contributed by atoms with E-state index < -0.39 is 0 Å². The van der Waals surface area contributed by atoms with Gasteiger partial charge in [-0.05, 0) is 54.0 Å². The second kappa shape index (κ2) is 9.02. The molecule has 2 nitrogen and oxygen atoms in total. The standard InChI is InChI=1S/C24H30O2/c1-3-5-16-26-22-13-11-20(12-14-22)19-7-9-21(10-8-19)23-15-6-18(4-2)17-24(23)25/h7-14,18,23H,3-6,15-17H2,1-2H3. The first kappa shape index (κ1) is 18.7. The number of hydrogen-bond donors (Lipinski definition) is 0. The van der Waals surface area contributed by atoms with Crippen molar-refractivity contribution < 1.29 is 9.53 Å². The summed E-state index contributed by atoms with van der Waals surface area (Å²) in [6, 6.07) is 16.8. The number of benzene rings is 2. The lowest BCUT2D eigenvalue weighted by Crippen LogP contribution is -2.23. The molecule has 0 amide bonds. The Morgan fingerprint density at radius 3 is 2.15 bits per heavy atom. The molecule has 1 fully saturated rings. The third-order valence-corrected chi connectivity index (χ3v) is 5.59. The fourth-order valence-electron chi connectivity index (χ4n) is 3.78. The van der Waals surface area contributed by atoms with Crippen LogP contribution < -0.4 is 4.74 Å². The van der Waals surface area contributed by atoms with Crippen molar-refractivity contribution in [2.75, 3.05) is 6.61 Å². The van der Waals surface area contributed by atoms with Gasteiger partial charge in [-0.2, -0.15) is 0 Å². The number of rotatable bonds is 7. The van der Waals surface area contributed by atoms with Crippen molar-refractivity contribution in [1.82, 2.24) is 0 Å². The molecule has 2 unspecified atom stereocenters. The molecule has 0 bridgehead atoms. The van der Waals surface area contributed by atoms with Gasteiger partial charge < -0.3 is 4.74 Å². The number of carbonyl (C=O) groups is 1. The summed E-state index contributed by atoms with van der Waals surface area (Å²) in [5.41, 5.74) is 3.54. The molecule has 138 valence electrons. The van der Waals surface area contributed by atoms with Crippen molar-refractivity contribution in [1.29, 1.82) is 0 Å². The highest BCUT2D eigenvalue weighted by atomic mass is 16.5. The van der Waals surface area contributed by atoms with E-state index in [1.165, 1.54) is 23.1 Å². The van der Waals surface area contributed by atoms with E-state index in [1.807, 2.05) is 12.1 Å². The molecule has 2 heteroatoms. The van der Waals surface area contributed by atoms with E-state index in [0.717, 1.165) is 44.5 Å². The van der Waals surface area contributed by atoms with Crippen LogP contribution in [0.25, 0.3) is 11.1 Å². The number of ketones is 1. The Morgan fingerprint density at radius 2 is 1.58 bits per heavy atom. The predicted octanol–water partition coefficient (Wildman–Crippen LogP) is 6.40. The summed E-state index contributed by atoms with van der Waals surface area (Å²) >= 11 is 0. The molecule has 0 spiro atoms. The van der Waals surface area contributed by atoms with E-state index in [0.29, 0.717) is 11.7 Å². The van der Waals surface area contributed by atoms with Crippen molar-refractivity contribution in [3.05, 3.63) is 54.1 Å². The Hall–Kier alpha value is -2.09. The van der Waals surface area contributed by atoms with Crippen LogP contribution in [-0.4, -0.2) is 12.4 Å². The molecule has 0 aromatic heterocycles. The van der Waals surface area contributed by atoms with Gasteiger partial charge in [0.25, 0.3) is 0 Å². The molecule has 0 heterocycles. The van der Waals surface area contributed by atoms with Gasteiger partial charge in [0.1, 0.15) is 11.5 Å². The van der Waals surface area contributed by atoms with Gasteiger partial charge >= 0.3 is 0 Å². The van der Waals surface area contributed by atoms with Crippen LogP contribution in [0, 0.1) is 5.92 Å². The zero-order valence-electron chi connectivity index (χ0n) is 16.0. The summed E-state index contributed by atoms with van der Waals surface area (Å²) in [6.45, 7) is 5.13. The quantitative estimate of drug-likeness (QED) is 0.540. The summed E-state index contributed by atoms with van der Waals surface area (Å²) in [7, 11) is 0. The normalized spacial score (nSPS) is 20.2. The lowest BCUT2D eigenvalue weighted by molar-refractivity contribution is -0.123. The SMILES string of the molecule is CCCCOc1ccc(-c2ccc(C3CCC(CC)CC3=O)cc2)cc1. The van der Waals surface area contributed by atoms with Gasteiger partial charge in [-0.1, -0.05) is 63.1 Å². The van der Waals surface area contributed by atoms with Crippen molar-refractivity contribution in [3.8, 4) is 16.9 Å². The topological polar surface area (TPSA) is 26.3 Å². The smallest absolute Gasteiger partial charge is 0.140 e. The second-order valence-corrected chi connectivity index (χ2v) is 7.42. The number of unbranched alkanes of at least 4 members (excludes halogenated alkanes) is 1. The van der Waals surface area contributed by atoms with Crippen molar-refractivity contribution in [2.45, 2.75) is 58.3 Å². The van der Waals surface area contributed by atoms with Crippen LogP contribution in [0.15, 0.2) is 48.5 Å². The Bertz CT molecular complexity index is 700. The monoisotopic (exact) mass is 350 g/mol. The van der Waals surface area contributed by atoms with E-state index in [1.54, 1.807) is 0 Å². The third-order valence-electron chi connectivity index (χ3n) is 5.59. The van der Waals surface area contributed by atoms with Gasteiger partial charge in [0, 0.05) is 12.3 Å². The van der Waals surface area contributed by atoms with Crippen LogP contribution in [0.2, 0.25) is 0 Å². The van der Waals surface area contributed by atoms with Crippen molar-refractivity contribution >= 4 is 5.78 Å². The lowest BCUT2D eigenvalue weighted by Gasteiger charge is -2.27. The van der Waals surface area contributed by atoms with Gasteiger partial charge in [0.2, 0.25) is 0 Å². The molecule has 1 aliphatic rings. The second-order valence-electron chi connectivity index (χ2n) is 7.42. The highest BCUT2D eigenvalue weighted by molar-refractivity contribution is 5.86. The minimum Gasteiger partial charge on any atom is -0.494 e. The lowest BCUT2D eigenvalue weighted by atomic mass is 9.77. The van der Waals surface area contributed by atoms with Crippen LogP contribution in [-0.2, 0) is 4.79 Å². The maximum Gasteiger partial charge on any atom is 0.140 e. The molecule has 0 radical (unpaired) electrons. The Morgan fingerprint density at radius 1 is 0.923 bits per heavy atom. The number of ether oxygens (including phenoxy) is 1. The van der Waals surface area contributed by atoms with E-state index in [-0.39, 0.29) is 5.92 Å². The van der Waals surface area contributed by atoms with E-state index in [4.69, 9.17) is 4.74 Å². The summed E-state index contributed by atoms with van der Waals surface area (Å²) in [5.74, 6) is 2.04. The third kappa shape index (κ3) is 4.55. The van der Waals surface area contributed by atoms with Gasteiger partial charge in [-0.3, -0.25) is 4.79 Å². The molecular formula is C24H30O2. The number of hydrogen-bond acceptors (Lipinski definition) is 2. The van der Waals surface area contributed by atoms with Crippen LogP contribution in [0.1, 0.15) is 63.9 Å². The molecule has 0 saturated heterocycles. The maximum absolute atomic E-state index is 12.5. The van der Waals surface area contributed by atoms with Crippen molar-refractivity contribution in [3.63, 3.8) is 0 Å². The molecule has 2 aromatic rings. The van der Waals surface area contributed by atoms with Crippen molar-refractivity contribution in [2.24, 2.45) is 5.92 Å². The zero-order chi connectivity index (χ0) is 18.4. The first-order chi connectivity index (χ1) is 12.7.